The van der Waals surface area contributed by atoms with Gasteiger partial charge >= 0.3 is 0 Å². The minimum atomic E-state index is -0.0645. The van der Waals surface area contributed by atoms with E-state index in [1.807, 2.05) is 0 Å². The van der Waals surface area contributed by atoms with Crippen LogP contribution in [0.3, 0.4) is 0 Å². The third-order valence-corrected chi connectivity index (χ3v) is 5.64. The summed E-state index contributed by atoms with van der Waals surface area (Å²) in [6, 6.07) is 1.20. The van der Waals surface area contributed by atoms with Gasteiger partial charge in [0.2, 0.25) is 0 Å². The van der Waals surface area contributed by atoms with E-state index in [2.05, 4.69) is 29.0 Å². The molecule has 2 atom stereocenters. The summed E-state index contributed by atoms with van der Waals surface area (Å²) >= 11 is 0. The Labute approximate surface area is 129 Å². The van der Waals surface area contributed by atoms with Gasteiger partial charge in [0.15, 0.2) is 0 Å². The van der Waals surface area contributed by atoms with Crippen molar-refractivity contribution in [3.8, 4) is 0 Å². The van der Waals surface area contributed by atoms with Gasteiger partial charge in [0.05, 0.1) is 12.1 Å². The molecule has 0 spiro atoms. The average Bonchev–Trinajstić information content (AvgIpc) is 3.31. The van der Waals surface area contributed by atoms with Crippen molar-refractivity contribution in [1.82, 2.24) is 15.1 Å². The predicted molar refractivity (Wildman–Crippen MR) is 86.5 cm³/mol. The zero-order chi connectivity index (χ0) is 14.9. The van der Waals surface area contributed by atoms with Crippen LogP contribution in [0.1, 0.15) is 46.0 Å². The maximum Gasteiger partial charge on any atom is 0.0628 e. The van der Waals surface area contributed by atoms with Gasteiger partial charge in [0.1, 0.15) is 0 Å². The van der Waals surface area contributed by atoms with E-state index in [1.54, 1.807) is 0 Å². The molecule has 122 valence electrons. The summed E-state index contributed by atoms with van der Waals surface area (Å²) in [6.07, 6.45) is 6.71. The molecule has 21 heavy (non-hydrogen) atoms. The number of fused-ring (bicyclic) bond motifs is 1. The zero-order valence-electron chi connectivity index (χ0n) is 13.9. The van der Waals surface area contributed by atoms with Gasteiger partial charge in [-0.1, -0.05) is 20.3 Å². The molecular weight excluding hydrogens is 262 g/mol. The Bertz CT molecular complexity index is 345. The van der Waals surface area contributed by atoms with Crippen LogP contribution >= 0.6 is 0 Å². The molecule has 4 heteroatoms. The normalized spacial score (nSPS) is 31.1. The van der Waals surface area contributed by atoms with Gasteiger partial charge in [-0.2, -0.15) is 0 Å². The molecule has 1 aliphatic carbocycles. The Hall–Kier alpha value is -0.160. The second kappa shape index (κ2) is 6.53. The predicted octanol–water partition coefficient (Wildman–Crippen LogP) is 1.30. The number of piperazine rings is 1. The lowest BCUT2D eigenvalue weighted by Gasteiger charge is -2.47. The van der Waals surface area contributed by atoms with Crippen molar-refractivity contribution >= 4 is 0 Å². The maximum absolute atomic E-state index is 10.1. The van der Waals surface area contributed by atoms with Crippen molar-refractivity contribution in [3.63, 3.8) is 0 Å². The molecule has 3 fully saturated rings. The van der Waals surface area contributed by atoms with Crippen LogP contribution in [-0.2, 0) is 0 Å². The molecule has 0 aromatic heterocycles. The lowest BCUT2D eigenvalue weighted by Crippen LogP contribution is -2.63. The van der Waals surface area contributed by atoms with Gasteiger partial charge < -0.3 is 10.4 Å². The van der Waals surface area contributed by atoms with Gasteiger partial charge in [-0.25, -0.2) is 0 Å². The van der Waals surface area contributed by atoms with E-state index in [4.69, 9.17) is 0 Å². The first-order valence-corrected chi connectivity index (χ1v) is 8.98. The molecule has 1 saturated carbocycles. The first-order chi connectivity index (χ1) is 10.1. The lowest BCUT2D eigenvalue weighted by molar-refractivity contribution is 0.0157. The number of nitrogens with zero attached hydrogens (tertiary/aromatic N) is 2. The molecule has 2 saturated heterocycles. The van der Waals surface area contributed by atoms with E-state index < -0.39 is 0 Å². The summed E-state index contributed by atoms with van der Waals surface area (Å²) in [4.78, 5) is 5.31. The van der Waals surface area contributed by atoms with Crippen molar-refractivity contribution < 1.29 is 5.11 Å². The number of hydrogen-bond acceptors (Lipinski definition) is 4. The Morgan fingerprint density at radius 2 is 1.95 bits per heavy atom. The van der Waals surface area contributed by atoms with Crippen LogP contribution in [0.25, 0.3) is 0 Å². The van der Waals surface area contributed by atoms with Gasteiger partial charge in [-0.15, -0.1) is 0 Å². The van der Waals surface area contributed by atoms with E-state index in [-0.39, 0.29) is 12.1 Å². The standard InChI is InChI=1S/C17H33N3O/c1-14(2)18-17(13-21,15-6-7-15)12-19-9-10-20-8-4-3-5-16(20)11-19/h14-16,18,21H,3-13H2,1-2H3. The van der Waals surface area contributed by atoms with Gasteiger partial charge in [-0.05, 0) is 38.1 Å². The molecule has 0 aromatic rings. The van der Waals surface area contributed by atoms with E-state index in [0.29, 0.717) is 12.0 Å². The molecule has 0 bridgehead atoms. The minimum Gasteiger partial charge on any atom is -0.394 e. The highest BCUT2D eigenvalue weighted by Crippen LogP contribution is 2.40. The van der Waals surface area contributed by atoms with Crippen LogP contribution in [0.2, 0.25) is 0 Å². The van der Waals surface area contributed by atoms with Crippen LogP contribution in [-0.4, -0.2) is 71.9 Å². The number of hydrogen-bond donors (Lipinski definition) is 2. The summed E-state index contributed by atoms with van der Waals surface area (Å²) in [5, 5.41) is 13.8. The van der Waals surface area contributed by atoms with Crippen molar-refractivity contribution in [1.29, 1.82) is 0 Å². The fourth-order valence-electron chi connectivity index (χ4n) is 4.49. The molecule has 0 amide bonds. The molecule has 2 aliphatic heterocycles. The fourth-order valence-corrected chi connectivity index (χ4v) is 4.49. The zero-order valence-corrected chi connectivity index (χ0v) is 13.9. The molecular formula is C17H33N3O. The van der Waals surface area contributed by atoms with Crippen LogP contribution in [0, 0.1) is 5.92 Å². The summed E-state index contributed by atoms with van der Waals surface area (Å²) in [7, 11) is 0. The topological polar surface area (TPSA) is 38.7 Å². The van der Waals surface area contributed by atoms with Gasteiger partial charge in [0, 0.05) is 38.3 Å². The number of rotatable bonds is 6. The summed E-state index contributed by atoms with van der Waals surface area (Å²) in [5.41, 5.74) is -0.0645. The highest BCUT2D eigenvalue weighted by molar-refractivity contribution is 5.04. The molecule has 3 aliphatic rings. The summed E-state index contributed by atoms with van der Waals surface area (Å²) in [6.45, 7) is 10.6. The number of piperidine rings is 1. The fraction of sp³-hybridized carbons (Fsp3) is 1.00. The van der Waals surface area contributed by atoms with E-state index in [1.165, 1.54) is 58.3 Å². The SMILES string of the molecule is CC(C)NC(CO)(CN1CCN2CCCCC2C1)C1CC1. The second-order valence-corrected chi connectivity index (χ2v) is 7.81. The molecule has 2 unspecified atom stereocenters. The number of nitrogens with one attached hydrogen (secondary N) is 1. The molecule has 2 N–H and O–H groups in total. The molecule has 3 rings (SSSR count). The van der Waals surface area contributed by atoms with Crippen LogP contribution in [0.4, 0.5) is 0 Å². The minimum absolute atomic E-state index is 0.0645. The summed E-state index contributed by atoms with van der Waals surface area (Å²) in [5.74, 6) is 0.675. The summed E-state index contributed by atoms with van der Waals surface area (Å²) < 4.78 is 0. The Morgan fingerprint density at radius 1 is 1.14 bits per heavy atom. The lowest BCUT2D eigenvalue weighted by atomic mass is 9.90. The smallest absolute Gasteiger partial charge is 0.0628 e. The highest BCUT2D eigenvalue weighted by atomic mass is 16.3. The third kappa shape index (κ3) is 3.61. The van der Waals surface area contributed by atoms with Gasteiger partial charge in [0.25, 0.3) is 0 Å². The monoisotopic (exact) mass is 295 g/mol. The van der Waals surface area contributed by atoms with E-state index in [0.717, 1.165) is 12.6 Å². The second-order valence-electron chi connectivity index (χ2n) is 7.81. The first-order valence-electron chi connectivity index (χ1n) is 8.98. The van der Waals surface area contributed by atoms with E-state index in [9.17, 15) is 5.11 Å². The molecule has 4 nitrogen and oxygen atoms in total. The van der Waals surface area contributed by atoms with Crippen molar-refractivity contribution in [2.24, 2.45) is 5.92 Å². The highest BCUT2D eigenvalue weighted by Gasteiger charge is 2.46. The molecule has 0 radical (unpaired) electrons. The van der Waals surface area contributed by atoms with Crippen molar-refractivity contribution in [3.05, 3.63) is 0 Å². The van der Waals surface area contributed by atoms with Crippen LogP contribution in [0.5, 0.6) is 0 Å². The molecule has 2 heterocycles. The Kier molecular flexibility index (Phi) is 4.89. The first kappa shape index (κ1) is 15.7. The van der Waals surface area contributed by atoms with E-state index >= 15 is 0 Å². The Morgan fingerprint density at radius 3 is 2.62 bits per heavy atom. The van der Waals surface area contributed by atoms with Crippen molar-refractivity contribution in [2.75, 3.05) is 39.3 Å². The quantitative estimate of drug-likeness (QED) is 0.775. The molecule has 0 aromatic carbocycles. The van der Waals surface area contributed by atoms with Crippen LogP contribution < -0.4 is 5.32 Å². The largest absolute Gasteiger partial charge is 0.394 e. The maximum atomic E-state index is 10.1. The number of aliphatic hydroxyl groups is 1. The van der Waals surface area contributed by atoms with Gasteiger partial charge in [-0.3, -0.25) is 9.80 Å². The van der Waals surface area contributed by atoms with Crippen LogP contribution in [0.15, 0.2) is 0 Å². The number of aliphatic hydroxyl groups excluding tert-OH is 1. The Balaban J connectivity index is 1.62. The third-order valence-electron chi connectivity index (χ3n) is 5.64. The van der Waals surface area contributed by atoms with Crippen molar-refractivity contribution in [2.45, 2.75) is 63.6 Å². The average molecular weight is 295 g/mol.